The average molecular weight is 282 g/mol. The Morgan fingerprint density at radius 2 is 1.62 bits per heavy atom. The third kappa shape index (κ3) is 4.54. The first-order chi connectivity index (χ1) is 10.2. The molecule has 0 aliphatic rings. The summed E-state index contributed by atoms with van der Waals surface area (Å²) in [6, 6.07) is 17.9. The van der Waals surface area contributed by atoms with Gasteiger partial charge in [0.25, 0.3) is 0 Å². The van der Waals surface area contributed by atoms with Crippen LogP contribution in [0.2, 0.25) is 0 Å². The fourth-order valence-corrected chi connectivity index (χ4v) is 2.34. The van der Waals surface area contributed by atoms with Crippen LogP contribution in [0.4, 0.5) is 0 Å². The number of Topliss-reactive ketones (excluding diaryl/α,β-unsaturated/α-hetero) is 1. The van der Waals surface area contributed by atoms with Crippen LogP contribution in [0.15, 0.2) is 54.6 Å². The maximum absolute atomic E-state index is 11.7. The lowest BCUT2D eigenvalue weighted by molar-refractivity contribution is -0.121. The summed E-state index contributed by atoms with van der Waals surface area (Å²) in [5, 5.41) is 10.1. The van der Waals surface area contributed by atoms with Gasteiger partial charge in [0, 0.05) is 12.8 Å². The smallest absolute Gasteiger partial charge is 0.135 e. The minimum absolute atomic E-state index is 0.136. The molecule has 1 atom stereocenters. The van der Waals surface area contributed by atoms with Crippen molar-refractivity contribution in [1.29, 1.82) is 0 Å². The third-order valence-electron chi connectivity index (χ3n) is 3.63. The summed E-state index contributed by atoms with van der Waals surface area (Å²) >= 11 is 0. The van der Waals surface area contributed by atoms with Gasteiger partial charge in [-0.1, -0.05) is 67.9 Å². The SMILES string of the molecule is CCCCC(=O)C[C@H](O)c1ccc(-c2ccccc2)cc1. The van der Waals surface area contributed by atoms with Crippen LogP contribution in [0.25, 0.3) is 11.1 Å². The number of aliphatic hydroxyl groups excluding tert-OH is 1. The van der Waals surface area contributed by atoms with Crippen LogP contribution in [0, 0.1) is 0 Å². The van der Waals surface area contributed by atoms with E-state index in [2.05, 4.69) is 19.1 Å². The first-order valence-corrected chi connectivity index (χ1v) is 7.56. The summed E-state index contributed by atoms with van der Waals surface area (Å²) in [6.07, 6.45) is 1.99. The average Bonchev–Trinajstić information content (AvgIpc) is 2.54. The molecule has 2 aromatic carbocycles. The highest BCUT2D eigenvalue weighted by Gasteiger charge is 2.12. The lowest BCUT2D eigenvalue weighted by Crippen LogP contribution is -2.06. The summed E-state index contributed by atoms with van der Waals surface area (Å²) in [5.41, 5.74) is 3.07. The van der Waals surface area contributed by atoms with E-state index in [4.69, 9.17) is 0 Å². The number of rotatable bonds is 7. The van der Waals surface area contributed by atoms with Gasteiger partial charge in [-0.05, 0) is 23.1 Å². The molecule has 0 aromatic heterocycles. The Kier molecular flexibility index (Phi) is 5.70. The number of ketones is 1. The number of hydrogen-bond donors (Lipinski definition) is 1. The van der Waals surface area contributed by atoms with Crippen molar-refractivity contribution in [2.45, 2.75) is 38.7 Å². The second-order valence-electron chi connectivity index (χ2n) is 5.35. The molecule has 0 bridgehead atoms. The normalized spacial score (nSPS) is 12.1. The highest BCUT2D eigenvalue weighted by molar-refractivity contribution is 5.79. The van der Waals surface area contributed by atoms with Crippen molar-refractivity contribution in [1.82, 2.24) is 0 Å². The van der Waals surface area contributed by atoms with Crippen molar-refractivity contribution in [2.24, 2.45) is 0 Å². The molecular formula is C19H22O2. The Balaban J connectivity index is 2.00. The monoisotopic (exact) mass is 282 g/mol. The molecule has 0 unspecified atom stereocenters. The molecule has 0 amide bonds. The molecular weight excluding hydrogens is 260 g/mol. The molecule has 21 heavy (non-hydrogen) atoms. The van der Waals surface area contributed by atoms with Gasteiger partial charge in [0.05, 0.1) is 6.10 Å². The van der Waals surface area contributed by atoms with E-state index in [1.54, 1.807) is 0 Å². The van der Waals surface area contributed by atoms with Crippen molar-refractivity contribution in [2.75, 3.05) is 0 Å². The molecule has 0 aliphatic heterocycles. The summed E-state index contributed by atoms with van der Waals surface area (Å²) < 4.78 is 0. The molecule has 0 aliphatic carbocycles. The summed E-state index contributed by atoms with van der Waals surface area (Å²) in [7, 11) is 0. The predicted octanol–water partition coefficient (Wildman–Crippen LogP) is 4.54. The molecule has 0 fully saturated rings. The van der Waals surface area contributed by atoms with Gasteiger partial charge >= 0.3 is 0 Å². The third-order valence-corrected chi connectivity index (χ3v) is 3.63. The van der Waals surface area contributed by atoms with Crippen LogP contribution >= 0.6 is 0 Å². The number of aliphatic hydroxyl groups is 1. The van der Waals surface area contributed by atoms with Crippen molar-refractivity contribution in [3.8, 4) is 11.1 Å². The lowest BCUT2D eigenvalue weighted by Gasteiger charge is -2.11. The molecule has 0 spiro atoms. The Morgan fingerprint density at radius 1 is 1.00 bits per heavy atom. The van der Waals surface area contributed by atoms with Crippen LogP contribution in [0.5, 0.6) is 0 Å². The number of unbranched alkanes of at least 4 members (excludes halogenated alkanes) is 1. The van der Waals surface area contributed by atoms with E-state index in [1.807, 2.05) is 42.5 Å². The molecule has 0 saturated carbocycles. The second kappa shape index (κ2) is 7.75. The zero-order chi connectivity index (χ0) is 15.1. The molecule has 0 radical (unpaired) electrons. The van der Waals surface area contributed by atoms with Crippen LogP contribution in [0.1, 0.15) is 44.3 Å². The second-order valence-corrected chi connectivity index (χ2v) is 5.35. The van der Waals surface area contributed by atoms with Crippen LogP contribution < -0.4 is 0 Å². The Hall–Kier alpha value is -1.93. The fraction of sp³-hybridized carbons (Fsp3) is 0.316. The molecule has 0 saturated heterocycles. The van der Waals surface area contributed by atoms with E-state index in [9.17, 15) is 9.90 Å². The van der Waals surface area contributed by atoms with Crippen LogP contribution in [0.3, 0.4) is 0 Å². The summed E-state index contributed by atoms with van der Waals surface area (Å²) in [4.78, 5) is 11.7. The van der Waals surface area contributed by atoms with Gasteiger partial charge in [0.1, 0.15) is 5.78 Å². The topological polar surface area (TPSA) is 37.3 Å². The summed E-state index contributed by atoms with van der Waals surface area (Å²) in [6.45, 7) is 2.06. The zero-order valence-corrected chi connectivity index (χ0v) is 12.5. The van der Waals surface area contributed by atoms with Gasteiger partial charge < -0.3 is 5.11 Å². The Bertz CT molecular complexity index is 558. The molecule has 110 valence electrons. The van der Waals surface area contributed by atoms with Crippen LogP contribution in [-0.4, -0.2) is 10.9 Å². The molecule has 2 aromatic rings. The maximum atomic E-state index is 11.7. The molecule has 2 nitrogen and oxygen atoms in total. The maximum Gasteiger partial charge on any atom is 0.135 e. The highest BCUT2D eigenvalue weighted by atomic mass is 16.3. The molecule has 1 N–H and O–H groups in total. The lowest BCUT2D eigenvalue weighted by atomic mass is 9.98. The zero-order valence-electron chi connectivity index (χ0n) is 12.5. The number of carbonyl (C=O) groups excluding carboxylic acids is 1. The van der Waals surface area contributed by atoms with Crippen molar-refractivity contribution in [3.63, 3.8) is 0 Å². The van der Waals surface area contributed by atoms with Gasteiger partial charge in [-0.3, -0.25) is 4.79 Å². The largest absolute Gasteiger partial charge is 0.388 e. The van der Waals surface area contributed by atoms with Crippen LogP contribution in [-0.2, 0) is 4.79 Å². The minimum atomic E-state index is -0.695. The van der Waals surface area contributed by atoms with Crippen molar-refractivity contribution < 1.29 is 9.90 Å². The minimum Gasteiger partial charge on any atom is -0.388 e. The van der Waals surface area contributed by atoms with Gasteiger partial charge in [-0.25, -0.2) is 0 Å². The molecule has 2 rings (SSSR count). The molecule has 2 heteroatoms. The quantitative estimate of drug-likeness (QED) is 0.809. The summed E-state index contributed by atoms with van der Waals surface area (Å²) in [5.74, 6) is 0.136. The number of carbonyl (C=O) groups is 1. The first kappa shape index (κ1) is 15.5. The van der Waals surface area contributed by atoms with E-state index in [0.29, 0.717) is 6.42 Å². The Morgan fingerprint density at radius 3 is 2.24 bits per heavy atom. The van der Waals surface area contributed by atoms with Gasteiger partial charge in [-0.2, -0.15) is 0 Å². The fourth-order valence-electron chi connectivity index (χ4n) is 2.34. The van der Waals surface area contributed by atoms with E-state index in [-0.39, 0.29) is 12.2 Å². The highest BCUT2D eigenvalue weighted by Crippen LogP contribution is 2.23. The number of benzene rings is 2. The standard InChI is InChI=1S/C19H22O2/c1-2-3-9-18(20)14-19(21)17-12-10-16(11-13-17)15-7-5-4-6-8-15/h4-8,10-13,19,21H,2-3,9,14H2,1H3/t19-/m0/s1. The Labute approximate surface area is 126 Å². The van der Waals surface area contributed by atoms with Gasteiger partial charge in [0.15, 0.2) is 0 Å². The van der Waals surface area contributed by atoms with Crippen molar-refractivity contribution >= 4 is 5.78 Å². The first-order valence-electron chi connectivity index (χ1n) is 7.56. The van der Waals surface area contributed by atoms with E-state index in [1.165, 1.54) is 0 Å². The van der Waals surface area contributed by atoms with Crippen molar-refractivity contribution in [3.05, 3.63) is 60.2 Å². The van der Waals surface area contributed by atoms with E-state index >= 15 is 0 Å². The van der Waals surface area contributed by atoms with E-state index in [0.717, 1.165) is 29.5 Å². The van der Waals surface area contributed by atoms with Gasteiger partial charge in [-0.15, -0.1) is 0 Å². The molecule has 0 heterocycles. The predicted molar refractivity (Wildman–Crippen MR) is 86.0 cm³/mol. The van der Waals surface area contributed by atoms with E-state index < -0.39 is 6.10 Å². The van der Waals surface area contributed by atoms with Gasteiger partial charge in [0.2, 0.25) is 0 Å². The number of hydrogen-bond acceptors (Lipinski definition) is 2.